The van der Waals surface area contributed by atoms with Crippen molar-refractivity contribution in [2.75, 3.05) is 13.1 Å². The predicted octanol–water partition coefficient (Wildman–Crippen LogP) is 0.733. The molecule has 2 aliphatic rings. The van der Waals surface area contributed by atoms with Crippen molar-refractivity contribution in [3.63, 3.8) is 0 Å². The molecule has 3 atom stereocenters. The van der Waals surface area contributed by atoms with E-state index in [0.29, 0.717) is 37.0 Å². The molecule has 138 valence electrons. The average molecular weight is 360 g/mol. The lowest BCUT2D eigenvalue weighted by Gasteiger charge is -2.27. The van der Waals surface area contributed by atoms with E-state index in [1.807, 2.05) is 12.1 Å². The van der Waals surface area contributed by atoms with Gasteiger partial charge >= 0.3 is 5.69 Å². The summed E-state index contributed by atoms with van der Waals surface area (Å²) in [5, 5.41) is 5.50. The molecule has 2 aromatic rings. The fraction of sp³-hybridized carbons (Fsp3) is 0.500. The number of imidazole rings is 1. The molecule has 7 nitrogen and oxygen atoms in total. The number of carbonyl (C=O) groups is 2. The molecule has 2 fully saturated rings. The number of piperidine rings is 2. The Balaban J connectivity index is 1.79. The van der Waals surface area contributed by atoms with Crippen molar-refractivity contribution in [2.45, 2.75) is 37.4 Å². The van der Waals surface area contributed by atoms with Crippen LogP contribution in [0.5, 0.6) is 0 Å². The number of aromatic nitrogens is 2. The van der Waals surface area contributed by atoms with Crippen LogP contribution < -0.4 is 16.3 Å². The monoisotopic (exact) mass is 360 g/mol. The Morgan fingerprint density at radius 3 is 2.69 bits per heavy atom. The molecule has 0 bridgehead atoms. The molecule has 0 saturated carbocycles. The Kier molecular flexibility index (Phi) is 4.14. The number of aryl methyl sites for hydroxylation is 1. The van der Waals surface area contributed by atoms with Gasteiger partial charge in [0.05, 0.1) is 11.0 Å². The molecule has 1 aromatic carbocycles. The van der Waals surface area contributed by atoms with E-state index in [9.17, 15) is 18.8 Å². The number of fused-ring (bicyclic) bond motifs is 1. The second kappa shape index (κ2) is 6.35. The van der Waals surface area contributed by atoms with E-state index in [1.165, 1.54) is 9.13 Å². The summed E-state index contributed by atoms with van der Waals surface area (Å²) in [4.78, 5) is 36.3. The van der Waals surface area contributed by atoms with Gasteiger partial charge in [0.25, 0.3) is 0 Å². The molecule has 2 amide bonds. The second-order valence-corrected chi connectivity index (χ2v) is 7.04. The van der Waals surface area contributed by atoms with Gasteiger partial charge in [-0.15, -0.1) is 0 Å². The third-order valence-corrected chi connectivity index (χ3v) is 5.46. The molecule has 26 heavy (non-hydrogen) atoms. The minimum Gasteiger partial charge on any atom is -0.316 e. The van der Waals surface area contributed by atoms with Crippen LogP contribution in [-0.4, -0.2) is 40.2 Å². The number of nitrogens with zero attached hydrogens (tertiary/aromatic N) is 2. The summed E-state index contributed by atoms with van der Waals surface area (Å²) in [6.07, 6.45) is 0.0564. The maximum Gasteiger partial charge on any atom is 0.329 e. The van der Waals surface area contributed by atoms with Crippen LogP contribution in [0.15, 0.2) is 23.0 Å². The van der Waals surface area contributed by atoms with Gasteiger partial charge in [0.2, 0.25) is 11.8 Å². The fourth-order valence-corrected chi connectivity index (χ4v) is 3.99. The fourth-order valence-electron chi connectivity index (χ4n) is 3.99. The number of alkyl halides is 1. The van der Waals surface area contributed by atoms with Gasteiger partial charge in [-0.05, 0) is 37.1 Å². The van der Waals surface area contributed by atoms with Gasteiger partial charge in [-0.25, -0.2) is 9.18 Å². The van der Waals surface area contributed by atoms with Crippen LogP contribution in [0.1, 0.15) is 36.8 Å². The summed E-state index contributed by atoms with van der Waals surface area (Å²) in [5.41, 5.74) is 1.81. The van der Waals surface area contributed by atoms with Gasteiger partial charge < -0.3 is 5.32 Å². The molecule has 8 heteroatoms. The lowest BCUT2D eigenvalue weighted by Crippen LogP contribution is -2.44. The minimum absolute atomic E-state index is 0.203. The van der Waals surface area contributed by atoms with Crippen LogP contribution in [0.2, 0.25) is 0 Å². The average Bonchev–Trinajstić information content (AvgIpc) is 2.87. The van der Waals surface area contributed by atoms with Crippen molar-refractivity contribution in [1.82, 2.24) is 19.8 Å². The first-order valence-electron chi connectivity index (χ1n) is 8.86. The highest BCUT2D eigenvalue weighted by Crippen LogP contribution is 2.30. The van der Waals surface area contributed by atoms with Crippen LogP contribution in [0.3, 0.4) is 0 Å². The molecular formula is C18H21FN4O3. The van der Waals surface area contributed by atoms with Crippen molar-refractivity contribution in [3.05, 3.63) is 34.2 Å². The zero-order chi connectivity index (χ0) is 18.4. The number of hydrogen-bond donors (Lipinski definition) is 2. The van der Waals surface area contributed by atoms with E-state index in [-0.39, 0.29) is 23.9 Å². The van der Waals surface area contributed by atoms with Gasteiger partial charge in [-0.2, -0.15) is 0 Å². The minimum atomic E-state index is -0.914. The SMILES string of the molecule is Cn1c(=O)n(C2CCC(=O)NC2=O)c2ccc(C3CNCCC3F)cc21. The van der Waals surface area contributed by atoms with E-state index < -0.39 is 18.1 Å². The summed E-state index contributed by atoms with van der Waals surface area (Å²) in [5.74, 6) is -1.02. The number of nitrogens with one attached hydrogen (secondary N) is 2. The van der Waals surface area contributed by atoms with E-state index in [2.05, 4.69) is 10.6 Å². The number of imide groups is 1. The van der Waals surface area contributed by atoms with Crippen LogP contribution >= 0.6 is 0 Å². The van der Waals surface area contributed by atoms with E-state index in [4.69, 9.17) is 0 Å². The molecule has 2 aliphatic heterocycles. The number of benzene rings is 1. The molecule has 1 aromatic heterocycles. The molecule has 4 rings (SSSR count). The largest absolute Gasteiger partial charge is 0.329 e. The van der Waals surface area contributed by atoms with Crippen molar-refractivity contribution < 1.29 is 14.0 Å². The normalized spacial score (nSPS) is 26.9. The van der Waals surface area contributed by atoms with Crippen molar-refractivity contribution in [2.24, 2.45) is 7.05 Å². The van der Waals surface area contributed by atoms with E-state index in [0.717, 1.165) is 5.56 Å². The first-order chi connectivity index (χ1) is 12.5. The number of rotatable bonds is 2. The standard InChI is InChI=1S/C18H21FN4O3/c1-22-15-8-10(11-9-20-7-6-12(11)19)2-3-13(15)23(18(22)26)14-4-5-16(24)21-17(14)25/h2-3,8,11-12,14,20H,4-7,9H2,1H3,(H,21,24,25). The van der Waals surface area contributed by atoms with Crippen LogP contribution in [0.4, 0.5) is 4.39 Å². The molecule has 0 aliphatic carbocycles. The van der Waals surface area contributed by atoms with Crippen molar-refractivity contribution in [3.8, 4) is 0 Å². The molecular weight excluding hydrogens is 339 g/mol. The molecule has 0 spiro atoms. The summed E-state index contributed by atoms with van der Waals surface area (Å²) >= 11 is 0. The molecule has 0 radical (unpaired) electrons. The van der Waals surface area contributed by atoms with Crippen LogP contribution in [-0.2, 0) is 16.6 Å². The topological polar surface area (TPSA) is 85.1 Å². The van der Waals surface area contributed by atoms with E-state index >= 15 is 0 Å². The Labute approximate surface area is 149 Å². The van der Waals surface area contributed by atoms with E-state index in [1.54, 1.807) is 13.1 Å². The maximum absolute atomic E-state index is 14.3. The Morgan fingerprint density at radius 1 is 1.15 bits per heavy atom. The first-order valence-corrected chi connectivity index (χ1v) is 8.86. The van der Waals surface area contributed by atoms with Gasteiger partial charge in [-0.3, -0.25) is 24.0 Å². The highest BCUT2D eigenvalue weighted by Gasteiger charge is 2.32. The third kappa shape index (κ3) is 2.65. The predicted molar refractivity (Wildman–Crippen MR) is 93.7 cm³/mol. The molecule has 2 N–H and O–H groups in total. The number of carbonyl (C=O) groups excluding carboxylic acids is 2. The lowest BCUT2D eigenvalue weighted by molar-refractivity contribution is -0.135. The quantitative estimate of drug-likeness (QED) is 0.774. The molecule has 3 unspecified atom stereocenters. The van der Waals surface area contributed by atoms with Crippen LogP contribution in [0, 0.1) is 0 Å². The summed E-state index contributed by atoms with van der Waals surface area (Å²) < 4.78 is 17.2. The zero-order valence-electron chi connectivity index (χ0n) is 14.5. The van der Waals surface area contributed by atoms with Gasteiger partial charge in [-0.1, -0.05) is 6.07 Å². The van der Waals surface area contributed by atoms with Crippen molar-refractivity contribution >= 4 is 22.8 Å². The van der Waals surface area contributed by atoms with Gasteiger partial charge in [0.1, 0.15) is 12.2 Å². The highest BCUT2D eigenvalue weighted by molar-refractivity contribution is 6.00. The Morgan fingerprint density at radius 2 is 1.96 bits per heavy atom. The second-order valence-electron chi connectivity index (χ2n) is 7.04. The number of halogens is 1. The maximum atomic E-state index is 14.3. The zero-order valence-corrected chi connectivity index (χ0v) is 14.5. The summed E-state index contributed by atoms with van der Waals surface area (Å²) in [6, 6.07) is 4.73. The summed E-state index contributed by atoms with van der Waals surface area (Å²) in [6.45, 7) is 1.23. The number of amides is 2. The van der Waals surface area contributed by atoms with Crippen molar-refractivity contribution in [1.29, 1.82) is 0 Å². The Hall–Kier alpha value is -2.48. The smallest absolute Gasteiger partial charge is 0.316 e. The van der Waals surface area contributed by atoms with Crippen LogP contribution in [0.25, 0.3) is 11.0 Å². The number of hydrogen-bond acceptors (Lipinski definition) is 4. The van der Waals surface area contributed by atoms with Gasteiger partial charge in [0.15, 0.2) is 0 Å². The summed E-state index contributed by atoms with van der Waals surface area (Å²) in [7, 11) is 1.64. The van der Waals surface area contributed by atoms with Gasteiger partial charge in [0, 0.05) is 25.9 Å². The highest BCUT2D eigenvalue weighted by atomic mass is 19.1. The Bertz CT molecular complexity index is 948. The third-order valence-electron chi connectivity index (χ3n) is 5.46. The molecule has 3 heterocycles. The molecule has 2 saturated heterocycles. The lowest BCUT2D eigenvalue weighted by atomic mass is 9.90. The first kappa shape index (κ1) is 17.0.